The van der Waals surface area contributed by atoms with Crippen LogP contribution in [0.2, 0.25) is 5.02 Å². The number of nitrogens with one attached hydrogen (secondary N) is 1. The number of amides is 1. The average molecular weight is 321 g/mol. The Bertz CT molecular complexity index is 350. The minimum absolute atomic E-state index is 0.0163. The molecule has 1 unspecified atom stereocenters. The van der Waals surface area contributed by atoms with Gasteiger partial charge in [0.2, 0.25) is 0 Å². The third-order valence-corrected chi connectivity index (χ3v) is 2.98. The van der Waals surface area contributed by atoms with Gasteiger partial charge in [0.05, 0.1) is 12.6 Å². The molecule has 0 heterocycles. The summed E-state index contributed by atoms with van der Waals surface area (Å²) < 4.78 is 5.06. The Morgan fingerprint density at radius 2 is 2.12 bits per heavy atom. The Balaban J connectivity index is 2.60. The Labute approximate surface area is 115 Å². The van der Waals surface area contributed by atoms with Crippen molar-refractivity contribution in [3.8, 4) is 0 Å². The number of alkyl halides is 1. The van der Waals surface area contributed by atoms with Crippen LogP contribution >= 0.6 is 27.5 Å². The number of halogens is 2. The van der Waals surface area contributed by atoms with Gasteiger partial charge in [-0.3, -0.25) is 4.79 Å². The van der Waals surface area contributed by atoms with E-state index in [2.05, 4.69) is 21.2 Å². The lowest BCUT2D eigenvalue weighted by Crippen LogP contribution is -2.38. The first-order valence-electron chi connectivity index (χ1n) is 5.28. The van der Waals surface area contributed by atoms with Crippen molar-refractivity contribution in [1.29, 1.82) is 0 Å². The summed E-state index contributed by atoms with van der Waals surface area (Å²) >= 11 is 9.12. The Hall–Kier alpha value is -0.580. The molecule has 94 valence electrons. The second-order valence-electron chi connectivity index (χ2n) is 3.61. The first-order chi connectivity index (χ1) is 8.17. The fourth-order valence-electron chi connectivity index (χ4n) is 1.40. The van der Waals surface area contributed by atoms with E-state index in [9.17, 15) is 4.79 Å². The van der Waals surface area contributed by atoms with Crippen LogP contribution < -0.4 is 5.32 Å². The molecule has 1 aromatic carbocycles. The third-order valence-electron chi connectivity index (χ3n) is 2.27. The third kappa shape index (κ3) is 5.06. The molecule has 5 heteroatoms. The van der Waals surface area contributed by atoms with Crippen LogP contribution in [0.25, 0.3) is 0 Å². The van der Waals surface area contributed by atoms with Gasteiger partial charge in [-0.2, -0.15) is 0 Å². The van der Waals surface area contributed by atoms with Crippen LogP contribution in [0.4, 0.5) is 0 Å². The second-order valence-corrected chi connectivity index (χ2v) is 4.84. The fraction of sp³-hybridized carbons (Fsp3) is 0.417. The molecule has 1 N–H and O–H groups in total. The normalized spacial score (nSPS) is 12.2. The molecular formula is C12H15BrClNO2. The summed E-state index contributed by atoms with van der Waals surface area (Å²) in [7, 11) is 1.62. The minimum Gasteiger partial charge on any atom is -0.383 e. The lowest BCUT2D eigenvalue weighted by atomic mass is 10.2. The van der Waals surface area contributed by atoms with Gasteiger partial charge in [0.25, 0.3) is 5.91 Å². The molecule has 0 saturated carbocycles. The predicted octanol–water partition coefficient (Wildman–Crippen LogP) is 2.87. The summed E-state index contributed by atoms with van der Waals surface area (Å²) in [6.07, 6.45) is 0.827. The lowest BCUT2D eigenvalue weighted by molar-refractivity contribution is 0.0895. The van der Waals surface area contributed by atoms with E-state index in [0.717, 1.165) is 11.8 Å². The zero-order valence-electron chi connectivity index (χ0n) is 9.58. The smallest absolute Gasteiger partial charge is 0.251 e. The maximum absolute atomic E-state index is 11.9. The second kappa shape index (κ2) is 7.69. The highest BCUT2D eigenvalue weighted by Gasteiger charge is 2.12. The Kier molecular flexibility index (Phi) is 6.55. The van der Waals surface area contributed by atoms with Crippen LogP contribution in [0, 0.1) is 0 Å². The molecule has 0 aliphatic heterocycles. The van der Waals surface area contributed by atoms with E-state index in [1.165, 1.54) is 0 Å². The first kappa shape index (κ1) is 14.5. The van der Waals surface area contributed by atoms with Gasteiger partial charge in [-0.1, -0.05) is 27.5 Å². The van der Waals surface area contributed by atoms with Gasteiger partial charge in [-0.25, -0.2) is 0 Å². The molecule has 0 saturated heterocycles. The quantitative estimate of drug-likeness (QED) is 0.819. The summed E-state index contributed by atoms with van der Waals surface area (Å²) in [6.45, 7) is 0.505. The van der Waals surface area contributed by atoms with E-state index >= 15 is 0 Å². The molecule has 1 aromatic rings. The molecule has 0 aliphatic rings. The van der Waals surface area contributed by atoms with Gasteiger partial charge in [0, 0.05) is 23.0 Å². The summed E-state index contributed by atoms with van der Waals surface area (Å²) in [5, 5.41) is 4.36. The van der Waals surface area contributed by atoms with Gasteiger partial charge < -0.3 is 10.1 Å². The van der Waals surface area contributed by atoms with Crippen LogP contribution in [0.1, 0.15) is 16.8 Å². The zero-order chi connectivity index (χ0) is 12.7. The highest BCUT2D eigenvalue weighted by Crippen LogP contribution is 2.10. The summed E-state index contributed by atoms with van der Waals surface area (Å²) in [4.78, 5) is 11.9. The standard InChI is InChI=1S/C12H15BrClNO2/c1-17-8-11(6-7-13)15-12(16)9-2-4-10(14)5-3-9/h2-5,11H,6-8H2,1H3,(H,15,16). The number of hydrogen-bond donors (Lipinski definition) is 1. The molecule has 0 aromatic heterocycles. The number of carbonyl (C=O) groups is 1. The summed E-state index contributed by atoms with van der Waals surface area (Å²) in [6, 6.07) is 6.83. The van der Waals surface area contributed by atoms with Crippen LogP contribution in [-0.4, -0.2) is 31.0 Å². The van der Waals surface area contributed by atoms with E-state index in [1.807, 2.05) is 0 Å². The number of hydrogen-bond acceptors (Lipinski definition) is 2. The van der Waals surface area contributed by atoms with Crippen LogP contribution in [0.15, 0.2) is 24.3 Å². The van der Waals surface area contributed by atoms with Crippen molar-refractivity contribution in [1.82, 2.24) is 5.32 Å². The van der Waals surface area contributed by atoms with Crippen molar-refractivity contribution in [2.24, 2.45) is 0 Å². The lowest BCUT2D eigenvalue weighted by Gasteiger charge is -2.16. The predicted molar refractivity (Wildman–Crippen MR) is 73.0 cm³/mol. The van der Waals surface area contributed by atoms with Crippen molar-refractivity contribution in [2.45, 2.75) is 12.5 Å². The molecule has 0 bridgehead atoms. The largest absolute Gasteiger partial charge is 0.383 e. The number of ether oxygens (including phenoxy) is 1. The van der Waals surface area contributed by atoms with Crippen molar-refractivity contribution in [3.63, 3.8) is 0 Å². The van der Waals surface area contributed by atoms with Crippen molar-refractivity contribution in [3.05, 3.63) is 34.9 Å². The highest BCUT2D eigenvalue weighted by atomic mass is 79.9. The molecule has 17 heavy (non-hydrogen) atoms. The molecule has 3 nitrogen and oxygen atoms in total. The molecule has 1 amide bonds. The monoisotopic (exact) mass is 319 g/mol. The molecule has 0 radical (unpaired) electrons. The van der Waals surface area contributed by atoms with E-state index in [-0.39, 0.29) is 11.9 Å². The zero-order valence-corrected chi connectivity index (χ0v) is 11.9. The molecular weight excluding hydrogens is 305 g/mol. The van der Waals surface area contributed by atoms with Gasteiger partial charge in [-0.15, -0.1) is 0 Å². The van der Waals surface area contributed by atoms with Gasteiger partial charge in [0.15, 0.2) is 0 Å². The molecule has 0 aliphatic carbocycles. The number of benzene rings is 1. The molecule has 1 rings (SSSR count). The van der Waals surface area contributed by atoms with Crippen LogP contribution in [0.5, 0.6) is 0 Å². The SMILES string of the molecule is COCC(CCBr)NC(=O)c1ccc(Cl)cc1. The van der Waals surface area contributed by atoms with E-state index < -0.39 is 0 Å². The van der Waals surface area contributed by atoms with Gasteiger partial charge in [0.1, 0.15) is 0 Å². The fourth-order valence-corrected chi connectivity index (χ4v) is 2.08. The van der Waals surface area contributed by atoms with E-state index in [1.54, 1.807) is 31.4 Å². The van der Waals surface area contributed by atoms with Gasteiger partial charge >= 0.3 is 0 Å². The maximum Gasteiger partial charge on any atom is 0.251 e. The molecule has 0 spiro atoms. The van der Waals surface area contributed by atoms with E-state index in [0.29, 0.717) is 17.2 Å². The Morgan fingerprint density at radius 3 is 2.65 bits per heavy atom. The van der Waals surface area contributed by atoms with Crippen molar-refractivity contribution < 1.29 is 9.53 Å². The van der Waals surface area contributed by atoms with Gasteiger partial charge in [-0.05, 0) is 30.7 Å². The van der Waals surface area contributed by atoms with Crippen LogP contribution in [0.3, 0.4) is 0 Å². The van der Waals surface area contributed by atoms with E-state index in [4.69, 9.17) is 16.3 Å². The summed E-state index contributed by atoms with van der Waals surface area (Å²) in [5.74, 6) is -0.107. The number of methoxy groups -OCH3 is 1. The highest BCUT2D eigenvalue weighted by molar-refractivity contribution is 9.09. The van der Waals surface area contributed by atoms with Crippen molar-refractivity contribution in [2.75, 3.05) is 19.0 Å². The minimum atomic E-state index is -0.107. The van der Waals surface area contributed by atoms with Crippen LogP contribution in [-0.2, 0) is 4.74 Å². The number of carbonyl (C=O) groups excluding carboxylic acids is 1. The average Bonchev–Trinajstić information content (AvgIpc) is 2.30. The Morgan fingerprint density at radius 1 is 1.47 bits per heavy atom. The molecule has 1 atom stereocenters. The summed E-state index contributed by atoms with van der Waals surface area (Å²) in [5.41, 5.74) is 0.602. The maximum atomic E-state index is 11.9. The first-order valence-corrected chi connectivity index (χ1v) is 6.78. The topological polar surface area (TPSA) is 38.3 Å². The van der Waals surface area contributed by atoms with Crippen molar-refractivity contribution >= 4 is 33.4 Å². The molecule has 0 fully saturated rings. The number of rotatable bonds is 6.